The van der Waals surface area contributed by atoms with Crippen molar-refractivity contribution < 1.29 is 0 Å². The highest BCUT2D eigenvalue weighted by atomic mass is 15.1. The number of anilines is 3. The van der Waals surface area contributed by atoms with Gasteiger partial charge in [-0.3, -0.25) is 0 Å². The van der Waals surface area contributed by atoms with Gasteiger partial charge in [-0.2, -0.15) is 0 Å². The molecule has 1 nitrogen and oxygen atoms in total. The molecule has 0 aliphatic heterocycles. The fourth-order valence-corrected chi connectivity index (χ4v) is 12.1. The summed E-state index contributed by atoms with van der Waals surface area (Å²) in [5.41, 5.74) is 12.6. The third-order valence-electron chi connectivity index (χ3n) is 14.0. The minimum absolute atomic E-state index is 0.180. The molecular weight excluding hydrogens is 639 g/mol. The summed E-state index contributed by atoms with van der Waals surface area (Å²) in [6.07, 6.45) is 7.12. The Balaban J connectivity index is 1.01. The molecule has 0 saturated heterocycles. The van der Waals surface area contributed by atoms with Crippen LogP contribution in [0.3, 0.4) is 0 Å². The standard InChI is InChI=1S/C52H41N/c1-2-10-37-30-43(23-19-35(37)9-1)53(51-32-39-11-3-4-12-44(39)45-13-5-6-15-48(45)51)42-21-17-36(18-22-42)38-20-24-47-46-14-7-8-16-49(46)52(50(47)31-38)40-26-33-25-34(28-40)29-41(52)27-33/h1-24,30-34,40-41H,25-29H2. The number of hydrogen-bond donors (Lipinski definition) is 0. The Bertz CT molecular complexity index is 2730. The highest BCUT2D eigenvalue weighted by molar-refractivity contribution is 6.14. The highest BCUT2D eigenvalue weighted by Crippen LogP contribution is 2.69. The van der Waals surface area contributed by atoms with E-state index in [-0.39, 0.29) is 5.41 Å². The molecule has 0 amide bonds. The van der Waals surface area contributed by atoms with Crippen LogP contribution in [0.2, 0.25) is 0 Å². The van der Waals surface area contributed by atoms with Gasteiger partial charge in [0.2, 0.25) is 0 Å². The summed E-state index contributed by atoms with van der Waals surface area (Å²) in [5, 5.41) is 7.57. The average molecular weight is 680 g/mol. The lowest BCUT2D eigenvalue weighted by atomic mass is 9.43. The third-order valence-corrected chi connectivity index (χ3v) is 14.0. The molecule has 254 valence electrons. The number of benzene rings is 8. The lowest BCUT2D eigenvalue weighted by Crippen LogP contribution is -2.55. The fraction of sp³-hybridized carbons (Fsp3) is 0.192. The van der Waals surface area contributed by atoms with Gasteiger partial charge in [-0.1, -0.05) is 127 Å². The molecule has 53 heavy (non-hydrogen) atoms. The van der Waals surface area contributed by atoms with Crippen molar-refractivity contribution in [2.45, 2.75) is 37.5 Å². The first-order chi connectivity index (χ1) is 26.2. The van der Waals surface area contributed by atoms with Crippen LogP contribution in [0.1, 0.15) is 43.2 Å². The molecule has 4 fully saturated rings. The normalized spacial score (nSPS) is 23.5. The summed E-state index contributed by atoms with van der Waals surface area (Å²) in [6, 6.07) is 61.9. The lowest BCUT2D eigenvalue weighted by molar-refractivity contribution is -0.0399. The van der Waals surface area contributed by atoms with Crippen LogP contribution in [-0.4, -0.2) is 0 Å². The summed E-state index contributed by atoms with van der Waals surface area (Å²) in [6.45, 7) is 0. The van der Waals surface area contributed by atoms with E-state index >= 15 is 0 Å². The predicted molar refractivity (Wildman–Crippen MR) is 222 cm³/mol. The Morgan fingerprint density at radius 2 is 1.00 bits per heavy atom. The first kappa shape index (κ1) is 29.9. The summed E-state index contributed by atoms with van der Waals surface area (Å²) in [4.78, 5) is 2.47. The van der Waals surface area contributed by atoms with Crippen molar-refractivity contribution in [1.82, 2.24) is 0 Å². The summed E-state index contributed by atoms with van der Waals surface area (Å²) >= 11 is 0. The maximum absolute atomic E-state index is 2.62. The molecule has 13 rings (SSSR count). The fourth-order valence-electron chi connectivity index (χ4n) is 12.1. The Morgan fingerprint density at radius 3 is 1.79 bits per heavy atom. The zero-order valence-corrected chi connectivity index (χ0v) is 29.9. The molecule has 8 aromatic carbocycles. The van der Waals surface area contributed by atoms with E-state index in [4.69, 9.17) is 0 Å². The molecule has 0 heterocycles. The Morgan fingerprint density at radius 1 is 0.396 bits per heavy atom. The van der Waals surface area contributed by atoms with Gasteiger partial charge in [0, 0.05) is 22.2 Å². The zero-order valence-electron chi connectivity index (χ0n) is 29.9. The van der Waals surface area contributed by atoms with Crippen LogP contribution in [0, 0.1) is 23.7 Å². The van der Waals surface area contributed by atoms with Gasteiger partial charge in [0.05, 0.1) is 5.69 Å². The Labute approximate surface area is 311 Å². The predicted octanol–water partition coefficient (Wildman–Crippen LogP) is 14.0. The largest absolute Gasteiger partial charge is 0.310 e. The Kier molecular flexibility index (Phi) is 6.30. The van der Waals surface area contributed by atoms with E-state index < -0.39 is 0 Å². The smallest absolute Gasteiger partial charge is 0.0546 e. The van der Waals surface area contributed by atoms with Gasteiger partial charge in [-0.05, 0) is 152 Å². The van der Waals surface area contributed by atoms with Crippen LogP contribution < -0.4 is 4.90 Å². The second-order valence-electron chi connectivity index (χ2n) is 16.6. The van der Waals surface area contributed by atoms with Crippen molar-refractivity contribution in [1.29, 1.82) is 0 Å². The number of hydrogen-bond acceptors (Lipinski definition) is 1. The maximum Gasteiger partial charge on any atom is 0.0546 e. The molecule has 0 unspecified atom stereocenters. The van der Waals surface area contributed by atoms with Gasteiger partial charge < -0.3 is 4.90 Å². The SMILES string of the molecule is c1ccc2c(c1)-c1ccc(-c3ccc(N(c4ccc5ccccc5c4)c4cc5ccccc5c5ccccc45)cc3)cc1C21C2CC3CC(C2)CC1C3. The van der Waals surface area contributed by atoms with E-state index in [1.165, 1.54) is 92.4 Å². The summed E-state index contributed by atoms with van der Waals surface area (Å²) < 4.78 is 0. The molecule has 5 aliphatic rings. The van der Waals surface area contributed by atoms with Crippen molar-refractivity contribution in [2.75, 3.05) is 4.90 Å². The van der Waals surface area contributed by atoms with Gasteiger partial charge in [0.1, 0.15) is 0 Å². The van der Waals surface area contributed by atoms with E-state index in [2.05, 4.69) is 169 Å². The van der Waals surface area contributed by atoms with Crippen LogP contribution in [0.15, 0.2) is 164 Å². The molecule has 1 spiro atoms. The van der Waals surface area contributed by atoms with E-state index in [9.17, 15) is 0 Å². The van der Waals surface area contributed by atoms with E-state index in [1.54, 1.807) is 11.1 Å². The second-order valence-corrected chi connectivity index (χ2v) is 16.6. The van der Waals surface area contributed by atoms with Gasteiger partial charge in [-0.25, -0.2) is 0 Å². The van der Waals surface area contributed by atoms with Crippen molar-refractivity contribution >= 4 is 49.4 Å². The molecule has 0 atom stereocenters. The molecule has 4 bridgehead atoms. The van der Waals surface area contributed by atoms with Gasteiger partial charge in [0.25, 0.3) is 0 Å². The maximum atomic E-state index is 2.62. The first-order valence-corrected chi connectivity index (χ1v) is 19.8. The van der Waals surface area contributed by atoms with Crippen LogP contribution >= 0.6 is 0 Å². The Hall–Kier alpha value is -5.66. The zero-order chi connectivity index (χ0) is 34.7. The minimum Gasteiger partial charge on any atom is -0.310 e. The molecule has 0 radical (unpaired) electrons. The quantitative estimate of drug-likeness (QED) is 0.167. The van der Waals surface area contributed by atoms with Crippen molar-refractivity contribution in [3.63, 3.8) is 0 Å². The van der Waals surface area contributed by atoms with Crippen LogP contribution in [0.5, 0.6) is 0 Å². The van der Waals surface area contributed by atoms with Gasteiger partial charge in [0.15, 0.2) is 0 Å². The molecule has 8 aromatic rings. The molecule has 1 heteroatoms. The monoisotopic (exact) mass is 679 g/mol. The average Bonchev–Trinajstić information content (AvgIpc) is 3.50. The van der Waals surface area contributed by atoms with Gasteiger partial charge in [-0.15, -0.1) is 0 Å². The van der Waals surface area contributed by atoms with Crippen molar-refractivity contribution in [3.8, 4) is 22.3 Å². The molecule has 5 aliphatic carbocycles. The second kappa shape index (κ2) is 11.2. The lowest BCUT2D eigenvalue weighted by Gasteiger charge is -2.61. The molecule has 0 aromatic heterocycles. The molecule has 4 saturated carbocycles. The van der Waals surface area contributed by atoms with Crippen LogP contribution in [0.4, 0.5) is 17.1 Å². The topological polar surface area (TPSA) is 3.24 Å². The third kappa shape index (κ3) is 4.25. The minimum atomic E-state index is 0.180. The number of nitrogens with zero attached hydrogens (tertiary/aromatic N) is 1. The molecular formula is C52H41N. The van der Waals surface area contributed by atoms with E-state index in [0.29, 0.717) is 0 Å². The highest BCUT2D eigenvalue weighted by Gasteiger charge is 2.61. The summed E-state index contributed by atoms with van der Waals surface area (Å²) in [7, 11) is 0. The van der Waals surface area contributed by atoms with Crippen molar-refractivity contribution in [2.24, 2.45) is 23.7 Å². The van der Waals surface area contributed by atoms with E-state index in [0.717, 1.165) is 35.0 Å². The van der Waals surface area contributed by atoms with Crippen LogP contribution in [0.25, 0.3) is 54.6 Å². The number of fused-ring (bicyclic) bond motifs is 7. The van der Waals surface area contributed by atoms with Gasteiger partial charge >= 0.3 is 0 Å². The van der Waals surface area contributed by atoms with Crippen molar-refractivity contribution in [3.05, 3.63) is 175 Å². The van der Waals surface area contributed by atoms with Crippen LogP contribution in [-0.2, 0) is 5.41 Å². The number of rotatable bonds is 4. The molecule has 0 N–H and O–H groups in total. The summed E-state index contributed by atoms with van der Waals surface area (Å²) in [5.74, 6) is 3.43. The van der Waals surface area contributed by atoms with E-state index in [1.807, 2.05) is 0 Å². The first-order valence-electron chi connectivity index (χ1n) is 19.8.